The predicted octanol–water partition coefficient (Wildman–Crippen LogP) is 2.98. The van der Waals surface area contributed by atoms with Crippen molar-refractivity contribution in [2.24, 2.45) is 5.92 Å². The summed E-state index contributed by atoms with van der Waals surface area (Å²) in [5.74, 6) is 1.42. The Labute approximate surface area is 179 Å². The van der Waals surface area contributed by atoms with Crippen molar-refractivity contribution in [3.05, 3.63) is 42.5 Å². The van der Waals surface area contributed by atoms with Gasteiger partial charge in [0.15, 0.2) is 0 Å². The fourth-order valence-electron chi connectivity index (χ4n) is 4.39. The Balaban J connectivity index is 1.55. The number of allylic oxidation sites excluding steroid dienone is 1. The molecule has 1 aromatic carbocycles. The number of unbranched alkanes of at least 4 members (excludes halogenated alkanes) is 1. The molecule has 1 heterocycles. The molecule has 0 aromatic heterocycles. The van der Waals surface area contributed by atoms with Gasteiger partial charge in [-0.15, -0.1) is 6.58 Å². The molecule has 0 amide bonds. The first-order chi connectivity index (χ1) is 14.6. The third kappa shape index (κ3) is 6.28. The monoisotopic (exact) mass is 420 g/mol. The molecule has 0 bridgehead atoms. The van der Waals surface area contributed by atoms with E-state index >= 15 is 0 Å². The molecule has 3 N–H and O–H groups in total. The Morgan fingerprint density at radius 1 is 1.07 bits per heavy atom. The fraction of sp³-hybridized carbons (Fsp3) is 0.667. The molecule has 1 aliphatic carbocycles. The maximum atomic E-state index is 10.6. The molecular formula is C24H36O6. The molecule has 5 atom stereocenters. The Bertz CT molecular complexity index is 627. The number of hydrogen-bond donors (Lipinski definition) is 3. The fourth-order valence-corrected chi connectivity index (χ4v) is 4.39. The van der Waals surface area contributed by atoms with Crippen molar-refractivity contribution in [1.82, 2.24) is 0 Å². The number of aliphatic hydroxyl groups is 3. The molecule has 1 aliphatic heterocycles. The molecule has 1 saturated heterocycles. The van der Waals surface area contributed by atoms with Crippen LogP contribution in [0.3, 0.4) is 0 Å². The van der Waals surface area contributed by atoms with Crippen molar-refractivity contribution in [3.63, 3.8) is 0 Å². The van der Waals surface area contributed by atoms with Gasteiger partial charge in [-0.1, -0.05) is 56.7 Å². The molecule has 0 spiro atoms. The summed E-state index contributed by atoms with van der Waals surface area (Å²) in [6.45, 7) is 3.79. The van der Waals surface area contributed by atoms with Crippen molar-refractivity contribution in [3.8, 4) is 5.75 Å². The molecule has 30 heavy (non-hydrogen) atoms. The molecule has 5 unspecified atom stereocenters. The minimum absolute atomic E-state index is 0.412. The van der Waals surface area contributed by atoms with Crippen LogP contribution in [0.2, 0.25) is 0 Å². The first kappa shape index (κ1) is 23.2. The lowest BCUT2D eigenvalue weighted by molar-refractivity contribution is -0.287. The van der Waals surface area contributed by atoms with Gasteiger partial charge in [0.2, 0.25) is 6.29 Å². The zero-order valence-corrected chi connectivity index (χ0v) is 17.7. The quantitative estimate of drug-likeness (QED) is 0.377. The normalized spacial score (nSPS) is 29.8. The van der Waals surface area contributed by atoms with Crippen molar-refractivity contribution in [2.75, 3.05) is 13.2 Å². The van der Waals surface area contributed by atoms with Gasteiger partial charge in [0.05, 0.1) is 6.61 Å². The summed E-state index contributed by atoms with van der Waals surface area (Å²) in [5, 5.41) is 30.3. The van der Waals surface area contributed by atoms with Gasteiger partial charge in [0.25, 0.3) is 0 Å². The molecule has 2 fully saturated rings. The van der Waals surface area contributed by atoms with Gasteiger partial charge in [-0.2, -0.15) is 0 Å². The number of benzene rings is 1. The highest BCUT2D eigenvalue weighted by Gasteiger charge is 2.46. The average molecular weight is 421 g/mol. The van der Waals surface area contributed by atoms with E-state index in [4.69, 9.17) is 14.2 Å². The smallest absolute Gasteiger partial charge is 0.229 e. The van der Waals surface area contributed by atoms with Crippen molar-refractivity contribution >= 4 is 0 Å². The summed E-state index contributed by atoms with van der Waals surface area (Å²) in [7, 11) is 0. The predicted molar refractivity (Wildman–Crippen MR) is 114 cm³/mol. The van der Waals surface area contributed by atoms with Crippen LogP contribution < -0.4 is 4.74 Å². The third-order valence-electron chi connectivity index (χ3n) is 6.17. The maximum Gasteiger partial charge on any atom is 0.229 e. The Hall–Kier alpha value is -1.44. The highest BCUT2D eigenvalue weighted by molar-refractivity contribution is 5.28. The molecule has 168 valence electrons. The highest BCUT2D eigenvalue weighted by atomic mass is 16.7. The van der Waals surface area contributed by atoms with E-state index in [9.17, 15) is 15.3 Å². The topological polar surface area (TPSA) is 88.4 Å². The highest BCUT2D eigenvalue weighted by Crippen LogP contribution is 2.30. The van der Waals surface area contributed by atoms with Crippen LogP contribution in [0.25, 0.3) is 0 Å². The van der Waals surface area contributed by atoms with Crippen molar-refractivity contribution in [2.45, 2.75) is 82.1 Å². The van der Waals surface area contributed by atoms with E-state index in [1.54, 1.807) is 0 Å². The maximum absolute atomic E-state index is 10.6. The average Bonchev–Trinajstić information content (AvgIpc) is 3.27. The number of ether oxygens (including phenoxy) is 3. The summed E-state index contributed by atoms with van der Waals surface area (Å²) < 4.78 is 17.6. The molecule has 1 aromatic rings. The molecular weight excluding hydrogens is 384 g/mol. The van der Waals surface area contributed by atoms with Crippen LogP contribution in [0.4, 0.5) is 0 Å². The van der Waals surface area contributed by atoms with Gasteiger partial charge in [0.1, 0.15) is 30.2 Å². The third-order valence-corrected chi connectivity index (χ3v) is 6.17. The second-order valence-electron chi connectivity index (χ2n) is 8.44. The van der Waals surface area contributed by atoms with Gasteiger partial charge in [-0.05, 0) is 36.5 Å². The van der Waals surface area contributed by atoms with Crippen LogP contribution in [0.1, 0.15) is 50.5 Å². The summed E-state index contributed by atoms with van der Waals surface area (Å²) in [4.78, 5) is 0. The SMILES string of the molecule is C=CCc1ccc(OC2OC(CO)C(O)C(O)C2OCCCCC2CCCC2)cc1. The lowest BCUT2D eigenvalue weighted by atomic mass is 9.98. The first-order valence-electron chi connectivity index (χ1n) is 11.2. The molecule has 0 radical (unpaired) electrons. The van der Waals surface area contributed by atoms with E-state index in [-0.39, 0.29) is 0 Å². The standard InChI is InChI=1S/C24H36O6/c1-2-7-17-11-13-19(14-12-17)29-24-23(22(27)21(26)20(16-25)30-24)28-15-6-5-10-18-8-3-4-9-18/h2,11-14,18,20-27H,1,3-10,15-16H2. The van der Waals surface area contributed by atoms with E-state index in [0.717, 1.165) is 30.7 Å². The van der Waals surface area contributed by atoms with Crippen LogP contribution in [0, 0.1) is 5.92 Å². The van der Waals surface area contributed by atoms with Gasteiger partial charge in [-0.3, -0.25) is 0 Å². The second kappa shape index (κ2) is 11.8. The van der Waals surface area contributed by atoms with Crippen LogP contribution in [0.15, 0.2) is 36.9 Å². The van der Waals surface area contributed by atoms with Crippen LogP contribution in [-0.4, -0.2) is 59.2 Å². The van der Waals surface area contributed by atoms with E-state index in [1.165, 1.54) is 32.1 Å². The number of rotatable bonds is 11. The lowest BCUT2D eigenvalue weighted by Gasteiger charge is -2.41. The molecule has 3 rings (SSSR count). The molecule has 6 nitrogen and oxygen atoms in total. The van der Waals surface area contributed by atoms with Gasteiger partial charge in [0, 0.05) is 6.61 Å². The Morgan fingerprint density at radius 3 is 2.47 bits per heavy atom. The van der Waals surface area contributed by atoms with Crippen LogP contribution in [-0.2, 0) is 15.9 Å². The zero-order valence-electron chi connectivity index (χ0n) is 17.7. The second-order valence-corrected chi connectivity index (χ2v) is 8.44. The number of hydrogen-bond acceptors (Lipinski definition) is 6. The summed E-state index contributed by atoms with van der Waals surface area (Å²) in [6, 6.07) is 7.53. The molecule has 6 heteroatoms. The number of aliphatic hydroxyl groups excluding tert-OH is 3. The van der Waals surface area contributed by atoms with E-state index in [1.807, 2.05) is 30.3 Å². The molecule has 2 aliphatic rings. The summed E-state index contributed by atoms with van der Waals surface area (Å²) in [5.41, 5.74) is 1.11. The van der Waals surface area contributed by atoms with Crippen molar-refractivity contribution in [1.29, 1.82) is 0 Å². The van der Waals surface area contributed by atoms with Gasteiger partial charge < -0.3 is 29.5 Å². The van der Waals surface area contributed by atoms with E-state index in [2.05, 4.69) is 6.58 Å². The van der Waals surface area contributed by atoms with Gasteiger partial charge >= 0.3 is 0 Å². The Morgan fingerprint density at radius 2 is 1.80 bits per heavy atom. The first-order valence-corrected chi connectivity index (χ1v) is 11.2. The van der Waals surface area contributed by atoms with Crippen LogP contribution >= 0.6 is 0 Å². The van der Waals surface area contributed by atoms with Crippen molar-refractivity contribution < 1.29 is 29.5 Å². The largest absolute Gasteiger partial charge is 0.462 e. The Kier molecular flexibility index (Phi) is 9.15. The lowest BCUT2D eigenvalue weighted by Crippen LogP contribution is -2.61. The van der Waals surface area contributed by atoms with Crippen LogP contribution in [0.5, 0.6) is 5.75 Å². The molecule has 1 saturated carbocycles. The minimum Gasteiger partial charge on any atom is -0.462 e. The van der Waals surface area contributed by atoms with Gasteiger partial charge in [-0.25, -0.2) is 0 Å². The summed E-state index contributed by atoms with van der Waals surface area (Å²) in [6.07, 6.45) is 6.09. The van der Waals surface area contributed by atoms with E-state index < -0.39 is 37.3 Å². The zero-order chi connectivity index (χ0) is 21.3. The minimum atomic E-state index is -1.23. The summed E-state index contributed by atoms with van der Waals surface area (Å²) >= 11 is 0. The van der Waals surface area contributed by atoms with E-state index in [0.29, 0.717) is 12.4 Å².